The average molecular weight is 422 g/mol. The summed E-state index contributed by atoms with van der Waals surface area (Å²) in [5.41, 5.74) is 1.08. The molecule has 1 unspecified atom stereocenters. The number of carbonyl (C=O) groups is 4. The molecule has 3 rings (SSSR count). The molecule has 0 saturated heterocycles. The third kappa shape index (κ3) is 4.58. The number of hydrogen-bond donors (Lipinski definition) is 0. The van der Waals surface area contributed by atoms with Crippen LogP contribution in [-0.4, -0.2) is 29.4 Å². The molecule has 1 aliphatic carbocycles. The number of ketones is 3. The smallest absolute Gasteiger partial charge is 0.310 e. The Morgan fingerprint density at radius 1 is 1.03 bits per heavy atom. The molecule has 0 fully saturated rings. The van der Waals surface area contributed by atoms with E-state index in [0.717, 1.165) is 12.8 Å². The molecule has 0 spiro atoms. The predicted octanol–water partition coefficient (Wildman–Crippen LogP) is 4.79. The van der Waals surface area contributed by atoms with E-state index in [-0.39, 0.29) is 53.2 Å². The summed E-state index contributed by atoms with van der Waals surface area (Å²) >= 11 is 0. The van der Waals surface area contributed by atoms with Gasteiger partial charge in [0.15, 0.2) is 11.5 Å². The minimum absolute atomic E-state index is 0.0234. The molecule has 0 amide bonds. The Labute approximate surface area is 181 Å². The van der Waals surface area contributed by atoms with Crippen LogP contribution < -0.4 is 0 Å². The normalized spacial score (nSPS) is 13.5. The van der Waals surface area contributed by atoms with E-state index in [1.807, 2.05) is 13.8 Å². The first-order valence-corrected chi connectivity index (χ1v) is 10.5. The quantitative estimate of drug-likeness (QED) is 0.461. The predicted molar refractivity (Wildman–Crippen MR) is 115 cm³/mol. The zero-order chi connectivity index (χ0) is 22.7. The van der Waals surface area contributed by atoms with Crippen LogP contribution in [0.25, 0.3) is 5.57 Å². The lowest BCUT2D eigenvalue weighted by molar-refractivity contribution is -0.148. The number of benzene rings is 1. The van der Waals surface area contributed by atoms with Gasteiger partial charge in [-0.3, -0.25) is 19.2 Å². The lowest BCUT2D eigenvalue weighted by Gasteiger charge is -2.16. The van der Waals surface area contributed by atoms with Crippen LogP contribution in [0, 0.1) is 5.92 Å². The number of ether oxygens (including phenoxy) is 1. The van der Waals surface area contributed by atoms with Crippen LogP contribution in [0.3, 0.4) is 0 Å². The van der Waals surface area contributed by atoms with E-state index in [1.54, 1.807) is 31.2 Å². The number of esters is 1. The monoisotopic (exact) mass is 422 g/mol. The Balaban J connectivity index is 1.66. The van der Waals surface area contributed by atoms with Crippen LogP contribution in [0.4, 0.5) is 0 Å². The second-order valence-corrected chi connectivity index (χ2v) is 7.82. The fraction of sp³-hybridized carbons (Fsp3) is 0.360. The van der Waals surface area contributed by atoms with Crippen LogP contribution in [0.2, 0.25) is 0 Å². The summed E-state index contributed by atoms with van der Waals surface area (Å²) in [5.74, 6) is -1.02. The van der Waals surface area contributed by atoms with Gasteiger partial charge in [0.2, 0.25) is 5.78 Å². The molecule has 1 aliphatic rings. The van der Waals surface area contributed by atoms with E-state index in [4.69, 9.17) is 9.15 Å². The number of rotatable bonds is 9. The first-order chi connectivity index (χ1) is 14.8. The van der Waals surface area contributed by atoms with Gasteiger partial charge in [-0.2, -0.15) is 0 Å². The molecule has 0 aliphatic heterocycles. The third-order valence-corrected chi connectivity index (χ3v) is 5.57. The van der Waals surface area contributed by atoms with Crippen LogP contribution in [-0.2, 0) is 14.3 Å². The molecule has 31 heavy (non-hydrogen) atoms. The zero-order valence-corrected chi connectivity index (χ0v) is 18.0. The molecule has 2 aromatic rings. The highest BCUT2D eigenvalue weighted by atomic mass is 16.5. The van der Waals surface area contributed by atoms with Gasteiger partial charge >= 0.3 is 5.97 Å². The Bertz CT molecular complexity index is 1000. The van der Waals surface area contributed by atoms with E-state index in [1.165, 1.54) is 6.07 Å². The van der Waals surface area contributed by atoms with Crippen LogP contribution in [0.5, 0.6) is 0 Å². The maximum absolute atomic E-state index is 12.7. The lowest BCUT2D eigenvalue weighted by Crippen LogP contribution is -2.22. The first-order valence-electron chi connectivity index (χ1n) is 10.5. The van der Waals surface area contributed by atoms with E-state index in [0.29, 0.717) is 16.7 Å². The highest BCUT2D eigenvalue weighted by Crippen LogP contribution is 2.32. The Morgan fingerprint density at radius 3 is 2.26 bits per heavy atom. The summed E-state index contributed by atoms with van der Waals surface area (Å²) in [7, 11) is 0. The summed E-state index contributed by atoms with van der Waals surface area (Å²) in [5, 5.41) is 0. The third-order valence-electron chi connectivity index (χ3n) is 5.57. The minimum atomic E-state index is -0.551. The minimum Gasteiger partial charge on any atom is -0.462 e. The van der Waals surface area contributed by atoms with Crippen molar-refractivity contribution in [1.29, 1.82) is 0 Å². The lowest BCUT2D eigenvalue weighted by atomic mass is 9.88. The van der Waals surface area contributed by atoms with Crippen molar-refractivity contribution >= 4 is 28.9 Å². The van der Waals surface area contributed by atoms with Crippen molar-refractivity contribution in [2.24, 2.45) is 5.92 Å². The molecule has 0 bridgehead atoms. The maximum atomic E-state index is 12.7. The fourth-order valence-electron chi connectivity index (χ4n) is 3.81. The number of hydrogen-bond acceptors (Lipinski definition) is 6. The van der Waals surface area contributed by atoms with Gasteiger partial charge in [-0.05, 0) is 31.4 Å². The van der Waals surface area contributed by atoms with Crippen molar-refractivity contribution < 1.29 is 28.3 Å². The molecule has 0 radical (unpaired) electrons. The average Bonchev–Trinajstić information content (AvgIpc) is 3.19. The number of furan rings is 1. The molecular formula is C25H26O6. The topological polar surface area (TPSA) is 90.7 Å². The number of fused-ring (bicyclic) bond motifs is 2. The zero-order valence-electron chi connectivity index (χ0n) is 18.0. The van der Waals surface area contributed by atoms with Crippen LogP contribution >= 0.6 is 0 Å². The van der Waals surface area contributed by atoms with Gasteiger partial charge in [-0.1, -0.05) is 44.7 Å². The van der Waals surface area contributed by atoms with Gasteiger partial charge in [0.1, 0.15) is 17.6 Å². The molecule has 1 heterocycles. The molecule has 1 atom stereocenters. The Morgan fingerprint density at radius 2 is 1.65 bits per heavy atom. The van der Waals surface area contributed by atoms with Crippen molar-refractivity contribution in [3.63, 3.8) is 0 Å². The van der Waals surface area contributed by atoms with Gasteiger partial charge in [0.25, 0.3) is 0 Å². The molecule has 1 aromatic heterocycles. The summed E-state index contributed by atoms with van der Waals surface area (Å²) in [6, 6.07) is 8.00. The largest absolute Gasteiger partial charge is 0.462 e. The second-order valence-electron chi connectivity index (χ2n) is 7.82. The van der Waals surface area contributed by atoms with Crippen molar-refractivity contribution in [2.45, 2.75) is 52.6 Å². The summed E-state index contributed by atoms with van der Waals surface area (Å²) in [6.07, 6.45) is 0.969. The summed E-state index contributed by atoms with van der Waals surface area (Å²) in [6.45, 7) is 9.45. The van der Waals surface area contributed by atoms with Gasteiger partial charge in [0.05, 0.1) is 12.0 Å². The fourth-order valence-corrected chi connectivity index (χ4v) is 3.81. The molecular weight excluding hydrogens is 396 g/mol. The van der Waals surface area contributed by atoms with Crippen molar-refractivity contribution in [3.8, 4) is 0 Å². The van der Waals surface area contributed by atoms with E-state index in [2.05, 4.69) is 6.58 Å². The highest BCUT2D eigenvalue weighted by molar-refractivity contribution is 6.27. The number of Topliss-reactive ketones (excluding diaryl/α,β-unsaturated/α-hetero) is 1. The van der Waals surface area contributed by atoms with Crippen molar-refractivity contribution in [2.75, 3.05) is 0 Å². The molecule has 0 saturated carbocycles. The molecule has 0 N–H and O–H groups in total. The SMILES string of the molecule is C=C(CC(=O)OC(C)CC(=O)C(CC)CC)c1cc2c(o1)C(=O)c1ccccc1C2=O. The molecule has 6 heteroatoms. The number of carbonyl (C=O) groups excluding carboxylic acids is 4. The van der Waals surface area contributed by atoms with E-state index >= 15 is 0 Å². The van der Waals surface area contributed by atoms with Gasteiger partial charge < -0.3 is 9.15 Å². The van der Waals surface area contributed by atoms with E-state index in [9.17, 15) is 19.2 Å². The first kappa shape index (κ1) is 22.4. The van der Waals surface area contributed by atoms with Gasteiger partial charge in [0, 0.05) is 23.5 Å². The maximum Gasteiger partial charge on any atom is 0.310 e. The van der Waals surface area contributed by atoms with E-state index < -0.39 is 12.1 Å². The standard InChI is InChI=1S/C25H26O6/c1-5-16(6-2)20(26)12-15(4)30-22(27)11-14(3)21-13-19-23(28)17-9-7-8-10-18(17)24(29)25(19)31-21/h7-10,13,15-16H,3,5-6,11-12H2,1-2,4H3. The molecule has 162 valence electrons. The van der Waals surface area contributed by atoms with Gasteiger partial charge in [-0.25, -0.2) is 0 Å². The molecule has 1 aromatic carbocycles. The van der Waals surface area contributed by atoms with Crippen LogP contribution in [0.1, 0.15) is 84.3 Å². The van der Waals surface area contributed by atoms with Gasteiger partial charge in [-0.15, -0.1) is 0 Å². The second kappa shape index (κ2) is 9.25. The van der Waals surface area contributed by atoms with Crippen molar-refractivity contribution in [1.82, 2.24) is 0 Å². The van der Waals surface area contributed by atoms with Crippen molar-refractivity contribution in [3.05, 3.63) is 65.1 Å². The van der Waals surface area contributed by atoms with Crippen LogP contribution in [0.15, 0.2) is 41.3 Å². The Hall–Kier alpha value is -3.28. The molecule has 6 nitrogen and oxygen atoms in total. The highest BCUT2D eigenvalue weighted by Gasteiger charge is 2.34. The summed E-state index contributed by atoms with van der Waals surface area (Å²) in [4.78, 5) is 49.9. The Kier molecular flexibility index (Phi) is 6.68. The summed E-state index contributed by atoms with van der Waals surface area (Å²) < 4.78 is 11.0.